The summed E-state index contributed by atoms with van der Waals surface area (Å²) in [6.45, 7) is 0. The average molecular weight is 334 g/mol. The Morgan fingerprint density at radius 3 is 2.25 bits per heavy atom. The van der Waals surface area contributed by atoms with Crippen LogP contribution >= 0.6 is 15.9 Å². The van der Waals surface area contributed by atoms with Crippen molar-refractivity contribution in [1.29, 1.82) is 0 Å². The van der Waals surface area contributed by atoms with Crippen LogP contribution in [0.1, 0.15) is 0 Å². The lowest BCUT2D eigenvalue weighted by Crippen LogP contribution is -2.19. The van der Waals surface area contributed by atoms with Crippen LogP contribution in [-0.4, -0.2) is 20.1 Å². The third kappa shape index (κ3) is 3.99. The van der Waals surface area contributed by atoms with E-state index >= 15 is 0 Å². The van der Waals surface area contributed by atoms with Gasteiger partial charge in [0.2, 0.25) is 0 Å². The molecule has 4 nitrogen and oxygen atoms in total. The molecular formula is C15H16BrN3O. The summed E-state index contributed by atoms with van der Waals surface area (Å²) in [5, 5.41) is 5.57. The monoisotopic (exact) mass is 333 g/mol. The number of urea groups is 1. The fourth-order valence-corrected chi connectivity index (χ4v) is 2.10. The summed E-state index contributed by atoms with van der Waals surface area (Å²) in [4.78, 5) is 13.9. The van der Waals surface area contributed by atoms with Gasteiger partial charge in [-0.15, -0.1) is 0 Å². The van der Waals surface area contributed by atoms with Crippen LogP contribution in [0, 0.1) is 0 Å². The van der Waals surface area contributed by atoms with E-state index in [9.17, 15) is 4.79 Å². The first kappa shape index (κ1) is 14.4. The van der Waals surface area contributed by atoms with Gasteiger partial charge in [0, 0.05) is 35.6 Å². The summed E-state index contributed by atoms with van der Waals surface area (Å²) >= 11 is 3.36. The standard InChI is InChI=1S/C15H16BrN3O/c1-19(2)14-8-6-12(7-9-14)17-15(20)18-13-5-3-4-11(16)10-13/h3-10H,1-2H3,(H2,17,18,20). The minimum atomic E-state index is -0.263. The molecule has 5 heteroatoms. The van der Waals surface area contributed by atoms with Gasteiger partial charge in [-0.05, 0) is 42.5 Å². The van der Waals surface area contributed by atoms with E-state index in [2.05, 4.69) is 26.6 Å². The maximum atomic E-state index is 11.9. The number of carbonyl (C=O) groups excluding carboxylic acids is 1. The van der Waals surface area contributed by atoms with Crippen LogP contribution in [0.25, 0.3) is 0 Å². The van der Waals surface area contributed by atoms with Crippen molar-refractivity contribution in [3.8, 4) is 0 Å². The molecular weight excluding hydrogens is 318 g/mol. The second-order valence-corrected chi connectivity index (χ2v) is 5.45. The Labute approximate surface area is 126 Å². The molecule has 20 heavy (non-hydrogen) atoms. The van der Waals surface area contributed by atoms with Crippen molar-refractivity contribution in [3.05, 3.63) is 53.0 Å². The van der Waals surface area contributed by atoms with Crippen molar-refractivity contribution < 1.29 is 4.79 Å². The van der Waals surface area contributed by atoms with Gasteiger partial charge in [0.1, 0.15) is 0 Å². The van der Waals surface area contributed by atoms with E-state index < -0.39 is 0 Å². The molecule has 0 saturated heterocycles. The highest BCUT2D eigenvalue weighted by atomic mass is 79.9. The van der Waals surface area contributed by atoms with Crippen molar-refractivity contribution in [1.82, 2.24) is 0 Å². The first-order valence-electron chi connectivity index (χ1n) is 6.15. The Kier molecular flexibility index (Phi) is 4.63. The Morgan fingerprint density at radius 2 is 1.65 bits per heavy atom. The largest absolute Gasteiger partial charge is 0.378 e. The SMILES string of the molecule is CN(C)c1ccc(NC(=O)Nc2cccc(Br)c2)cc1. The summed E-state index contributed by atoms with van der Waals surface area (Å²) in [6.07, 6.45) is 0. The van der Waals surface area contributed by atoms with Crippen LogP contribution in [0.2, 0.25) is 0 Å². The molecule has 0 radical (unpaired) electrons. The van der Waals surface area contributed by atoms with E-state index in [1.807, 2.05) is 67.5 Å². The minimum Gasteiger partial charge on any atom is -0.378 e. The molecule has 2 rings (SSSR count). The van der Waals surface area contributed by atoms with Gasteiger partial charge in [0.05, 0.1) is 0 Å². The van der Waals surface area contributed by atoms with E-state index in [1.54, 1.807) is 0 Å². The predicted molar refractivity (Wildman–Crippen MR) is 87.6 cm³/mol. The van der Waals surface area contributed by atoms with Crippen molar-refractivity contribution in [3.63, 3.8) is 0 Å². The van der Waals surface area contributed by atoms with Gasteiger partial charge >= 0.3 is 6.03 Å². The van der Waals surface area contributed by atoms with Crippen molar-refractivity contribution in [2.75, 3.05) is 29.6 Å². The van der Waals surface area contributed by atoms with Crippen molar-refractivity contribution >= 4 is 39.0 Å². The van der Waals surface area contributed by atoms with Crippen molar-refractivity contribution in [2.24, 2.45) is 0 Å². The Hall–Kier alpha value is -2.01. The minimum absolute atomic E-state index is 0.263. The zero-order chi connectivity index (χ0) is 14.5. The predicted octanol–water partition coefficient (Wildman–Crippen LogP) is 4.16. The van der Waals surface area contributed by atoms with Crippen LogP contribution in [-0.2, 0) is 0 Å². The fourth-order valence-electron chi connectivity index (χ4n) is 1.70. The molecule has 0 bridgehead atoms. The highest BCUT2D eigenvalue weighted by Gasteiger charge is 2.03. The van der Waals surface area contributed by atoms with Crippen LogP contribution < -0.4 is 15.5 Å². The van der Waals surface area contributed by atoms with Crippen LogP contribution in [0.15, 0.2) is 53.0 Å². The topological polar surface area (TPSA) is 44.4 Å². The molecule has 2 aromatic rings. The first-order valence-corrected chi connectivity index (χ1v) is 6.95. The molecule has 2 N–H and O–H groups in total. The number of benzene rings is 2. The molecule has 0 fully saturated rings. The van der Waals surface area contributed by atoms with E-state index in [0.29, 0.717) is 0 Å². The zero-order valence-corrected chi connectivity index (χ0v) is 12.9. The number of hydrogen-bond donors (Lipinski definition) is 2. The van der Waals surface area contributed by atoms with Gasteiger partial charge in [-0.2, -0.15) is 0 Å². The van der Waals surface area contributed by atoms with Gasteiger partial charge in [-0.1, -0.05) is 22.0 Å². The maximum absolute atomic E-state index is 11.9. The highest BCUT2D eigenvalue weighted by Crippen LogP contribution is 2.17. The molecule has 0 spiro atoms. The number of nitrogens with zero attached hydrogens (tertiary/aromatic N) is 1. The summed E-state index contributed by atoms with van der Waals surface area (Å²) in [5.74, 6) is 0. The number of carbonyl (C=O) groups is 1. The Morgan fingerprint density at radius 1 is 1.00 bits per heavy atom. The average Bonchev–Trinajstić information content (AvgIpc) is 2.39. The number of anilines is 3. The van der Waals surface area contributed by atoms with Crippen LogP contribution in [0.3, 0.4) is 0 Å². The molecule has 0 saturated carbocycles. The maximum Gasteiger partial charge on any atom is 0.323 e. The molecule has 0 unspecified atom stereocenters. The molecule has 104 valence electrons. The molecule has 0 aliphatic rings. The van der Waals surface area contributed by atoms with Crippen LogP contribution in [0.5, 0.6) is 0 Å². The number of hydrogen-bond acceptors (Lipinski definition) is 2. The molecule has 0 aliphatic carbocycles. The number of nitrogens with one attached hydrogen (secondary N) is 2. The number of rotatable bonds is 3. The lowest BCUT2D eigenvalue weighted by Gasteiger charge is -2.13. The molecule has 0 aliphatic heterocycles. The van der Waals surface area contributed by atoms with E-state index in [4.69, 9.17) is 0 Å². The lowest BCUT2D eigenvalue weighted by molar-refractivity contribution is 0.262. The third-order valence-corrected chi connectivity index (χ3v) is 3.22. The van der Waals surface area contributed by atoms with Crippen LogP contribution in [0.4, 0.5) is 21.9 Å². The van der Waals surface area contributed by atoms with Gasteiger partial charge in [-0.25, -0.2) is 4.79 Å². The molecule has 0 aromatic heterocycles. The molecule has 0 heterocycles. The highest BCUT2D eigenvalue weighted by molar-refractivity contribution is 9.10. The molecule has 2 aromatic carbocycles. The van der Waals surface area contributed by atoms with Gasteiger partial charge in [0.15, 0.2) is 0 Å². The number of halogens is 1. The third-order valence-electron chi connectivity index (χ3n) is 2.72. The summed E-state index contributed by atoms with van der Waals surface area (Å²) in [6, 6.07) is 14.8. The molecule has 2 amide bonds. The quantitative estimate of drug-likeness (QED) is 0.885. The first-order chi connectivity index (χ1) is 9.54. The van der Waals surface area contributed by atoms with E-state index in [0.717, 1.165) is 21.5 Å². The summed E-state index contributed by atoms with van der Waals surface area (Å²) < 4.78 is 0.922. The van der Waals surface area contributed by atoms with Gasteiger partial charge in [-0.3, -0.25) is 0 Å². The molecule has 0 atom stereocenters. The smallest absolute Gasteiger partial charge is 0.323 e. The summed E-state index contributed by atoms with van der Waals surface area (Å²) in [7, 11) is 3.95. The normalized spacial score (nSPS) is 9.95. The zero-order valence-electron chi connectivity index (χ0n) is 11.4. The van der Waals surface area contributed by atoms with Gasteiger partial charge < -0.3 is 15.5 Å². The van der Waals surface area contributed by atoms with E-state index in [-0.39, 0.29) is 6.03 Å². The second-order valence-electron chi connectivity index (χ2n) is 4.53. The lowest BCUT2D eigenvalue weighted by atomic mass is 10.2. The fraction of sp³-hybridized carbons (Fsp3) is 0.133. The number of amides is 2. The summed E-state index contributed by atoms with van der Waals surface area (Å²) in [5.41, 5.74) is 2.58. The van der Waals surface area contributed by atoms with E-state index in [1.165, 1.54) is 0 Å². The van der Waals surface area contributed by atoms with Crippen molar-refractivity contribution in [2.45, 2.75) is 0 Å². The Bertz CT molecular complexity index is 596. The van der Waals surface area contributed by atoms with Gasteiger partial charge in [0.25, 0.3) is 0 Å². The second kappa shape index (κ2) is 6.43. The Balaban J connectivity index is 1.97.